The summed E-state index contributed by atoms with van der Waals surface area (Å²) >= 11 is 0. The number of halogens is 5. The van der Waals surface area contributed by atoms with Crippen molar-refractivity contribution in [1.29, 1.82) is 0 Å². The Morgan fingerprint density at radius 2 is 0.906 bits per heavy atom. The highest BCUT2D eigenvalue weighted by molar-refractivity contribution is 6.32. The van der Waals surface area contributed by atoms with Crippen LogP contribution < -0.4 is 4.90 Å². The third-order valence-corrected chi connectivity index (χ3v) is 15.0. The Morgan fingerprint density at radius 1 is 0.406 bits per heavy atom. The van der Waals surface area contributed by atoms with Crippen molar-refractivity contribution in [2.24, 2.45) is 0 Å². The van der Waals surface area contributed by atoms with Gasteiger partial charge in [0.2, 0.25) is 5.82 Å². The minimum atomic E-state index is -2.16. The Hall–Kier alpha value is -7.05. The zero-order valence-electron chi connectivity index (χ0n) is 35.2. The van der Waals surface area contributed by atoms with E-state index in [4.69, 9.17) is 0 Å². The van der Waals surface area contributed by atoms with E-state index in [1.165, 1.54) is 15.7 Å². The molecule has 0 radical (unpaired) electrons. The fourth-order valence-corrected chi connectivity index (χ4v) is 11.7. The molecule has 0 amide bonds. The van der Waals surface area contributed by atoms with Gasteiger partial charge in [-0.05, 0) is 137 Å². The summed E-state index contributed by atoms with van der Waals surface area (Å²) in [4.78, 5) is 1.42. The van der Waals surface area contributed by atoms with Crippen molar-refractivity contribution in [3.63, 3.8) is 0 Å². The van der Waals surface area contributed by atoms with E-state index in [-0.39, 0.29) is 0 Å². The lowest BCUT2D eigenvalue weighted by molar-refractivity contribution is 0.192. The molecule has 0 N–H and O–H groups in total. The zero-order valence-corrected chi connectivity index (χ0v) is 35.2. The van der Waals surface area contributed by atoms with Crippen LogP contribution in [0.5, 0.6) is 0 Å². The van der Waals surface area contributed by atoms with Crippen LogP contribution in [-0.2, 0) is 5.41 Å². The van der Waals surface area contributed by atoms with Gasteiger partial charge >= 0.3 is 0 Å². The van der Waals surface area contributed by atoms with Gasteiger partial charge in [0.05, 0.1) is 5.54 Å². The summed E-state index contributed by atoms with van der Waals surface area (Å²) in [6, 6.07) is 55.4. The maximum absolute atomic E-state index is 15.9. The van der Waals surface area contributed by atoms with Crippen molar-refractivity contribution < 1.29 is 22.0 Å². The highest BCUT2D eigenvalue weighted by atomic mass is 19.2. The minimum Gasteiger partial charge on any atom is -0.329 e. The molecule has 0 spiro atoms. The van der Waals surface area contributed by atoms with Crippen LogP contribution in [-0.4, -0.2) is 5.54 Å². The summed E-state index contributed by atoms with van der Waals surface area (Å²) in [6.45, 7) is 3.99. The molecule has 0 bridgehead atoms. The van der Waals surface area contributed by atoms with Crippen molar-refractivity contribution in [3.8, 4) is 44.5 Å². The highest BCUT2D eigenvalue weighted by Gasteiger charge is 2.59. The molecule has 12 rings (SSSR count). The third kappa shape index (κ3) is 5.23. The average molecular weight is 846 g/mol. The Balaban J connectivity index is 1.18. The van der Waals surface area contributed by atoms with Crippen LogP contribution in [0.1, 0.15) is 45.1 Å². The monoisotopic (exact) mass is 845 g/mol. The van der Waals surface area contributed by atoms with Crippen molar-refractivity contribution in [1.82, 2.24) is 0 Å². The Bertz CT molecular complexity index is 3510. The fraction of sp³-hybridized carbons (Fsp3) is 0.138. The Labute approximate surface area is 367 Å². The van der Waals surface area contributed by atoms with E-state index in [1.54, 1.807) is 0 Å². The second kappa shape index (κ2) is 14.0. The van der Waals surface area contributed by atoms with Crippen molar-refractivity contribution in [2.75, 3.05) is 4.90 Å². The van der Waals surface area contributed by atoms with Gasteiger partial charge in [-0.15, -0.1) is 0 Å². The molecule has 1 fully saturated rings. The standard InChI is InChI=1S/C58H40F5N/c1-57-28-11-12-29-58(57,2)64(56-54(62)52(60)51(59)53(61)55(56)63)48-27-22-36(30-47(48)57)45-31-43(34-14-5-3-6-15-34)39-25-26-42-46(38-21-13-19-33-18-9-10-20-37(33)38)32-44(35-16-7-4-8-17-35)40-23-24-41(45)49(39)50(40)42/h3-10,13-27,30-32H,11-12,28-29H2,1-2H3. The first-order chi connectivity index (χ1) is 31.1. The molecule has 10 aromatic rings. The first-order valence-corrected chi connectivity index (χ1v) is 21.9. The number of fused-ring (bicyclic) bond motifs is 4. The van der Waals surface area contributed by atoms with Crippen molar-refractivity contribution in [2.45, 2.75) is 50.5 Å². The molecule has 1 nitrogen and oxygen atoms in total. The lowest BCUT2D eigenvalue weighted by Crippen LogP contribution is -2.55. The van der Waals surface area contributed by atoms with Crippen LogP contribution >= 0.6 is 0 Å². The highest BCUT2D eigenvalue weighted by Crippen LogP contribution is 2.62. The number of hydrogen-bond acceptors (Lipinski definition) is 1. The molecule has 1 saturated carbocycles. The zero-order chi connectivity index (χ0) is 43.6. The average Bonchev–Trinajstić information content (AvgIpc) is 3.54. The van der Waals surface area contributed by atoms with Crippen LogP contribution in [0.25, 0.3) is 87.6 Å². The van der Waals surface area contributed by atoms with Crippen LogP contribution in [0.3, 0.4) is 0 Å². The SMILES string of the molecule is CC12CCCCC1(C)N(c1c(F)c(F)c(F)c(F)c1F)c1ccc(-c3cc(-c4ccccc4)c4ccc5c(-c6cccc7ccccc67)cc(-c6ccccc6)c6ccc3c4c65)cc12. The number of nitrogens with zero attached hydrogens (tertiary/aromatic N) is 1. The second-order valence-corrected chi connectivity index (χ2v) is 18.1. The van der Waals surface area contributed by atoms with Gasteiger partial charge in [-0.25, -0.2) is 22.0 Å². The van der Waals surface area contributed by atoms with Crippen LogP contribution in [0.2, 0.25) is 0 Å². The summed E-state index contributed by atoms with van der Waals surface area (Å²) in [5, 5.41) is 9.06. The van der Waals surface area contributed by atoms with Crippen LogP contribution in [0.15, 0.2) is 158 Å². The minimum absolute atomic E-state index is 0.451. The molecule has 312 valence electrons. The van der Waals surface area contributed by atoms with Gasteiger partial charge in [-0.2, -0.15) is 0 Å². The van der Waals surface area contributed by atoms with Crippen molar-refractivity contribution in [3.05, 3.63) is 192 Å². The van der Waals surface area contributed by atoms with E-state index in [0.29, 0.717) is 18.5 Å². The Morgan fingerprint density at radius 3 is 1.53 bits per heavy atom. The molecule has 2 atom stereocenters. The van der Waals surface area contributed by atoms with E-state index < -0.39 is 45.7 Å². The predicted molar refractivity (Wildman–Crippen MR) is 252 cm³/mol. The number of rotatable bonds is 5. The molecule has 1 heterocycles. The normalized spacial score (nSPS) is 18.4. The van der Waals surface area contributed by atoms with Gasteiger partial charge in [-0.3, -0.25) is 0 Å². The van der Waals surface area contributed by atoms with Gasteiger partial charge in [0.1, 0.15) is 5.69 Å². The second-order valence-electron chi connectivity index (χ2n) is 18.1. The summed E-state index contributed by atoms with van der Waals surface area (Å²) in [6.07, 6.45) is 2.80. The van der Waals surface area contributed by atoms with E-state index in [2.05, 4.69) is 128 Å². The van der Waals surface area contributed by atoms with E-state index in [0.717, 1.165) is 95.2 Å². The van der Waals surface area contributed by atoms with Crippen LogP contribution in [0, 0.1) is 29.1 Å². The largest absolute Gasteiger partial charge is 0.329 e. The third-order valence-electron chi connectivity index (χ3n) is 15.0. The molecule has 2 unspecified atom stereocenters. The van der Waals surface area contributed by atoms with Gasteiger partial charge in [0.25, 0.3) is 0 Å². The lowest BCUT2D eigenvalue weighted by Gasteiger charge is -2.50. The summed E-state index contributed by atoms with van der Waals surface area (Å²) < 4.78 is 76.3. The first kappa shape index (κ1) is 38.6. The van der Waals surface area contributed by atoms with Gasteiger partial charge < -0.3 is 4.90 Å². The smallest absolute Gasteiger partial charge is 0.200 e. The van der Waals surface area contributed by atoms with E-state index in [1.807, 2.05) is 43.3 Å². The molecule has 10 aromatic carbocycles. The number of benzene rings is 10. The fourth-order valence-electron chi connectivity index (χ4n) is 11.7. The molecule has 1 aliphatic heterocycles. The molecule has 64 heavy (non-hydrogen) atoms. The van der Waals surface area contributed by atoms with Gasteiger partial charge in [-0.1, -0.05) is 153 Å². The summed E-state index contributed by atoms with van der Waals surface area (Å²) in [5.41, 5.74) is 7.26. The van der Waals surface area contributed by atoms with E-state index >= 15 is 17.6 Å². The molecule has 2 aliphatic rings. The lowest BCUT2D eigenvalue weighted by atomic mass is 9.61. The molecule has 0 saturated heterocycles. The summed E-state index contributed by atoms with van der Waals surface area (Å²) in [5.74, 6) is -9.69. The van der Waals surface area contributed by atoms with Gasteiger partial charge in [0.15, 0.2) is 23.3 Å². The molecular weight excluding hydrogens is 806 g/mol. The Kier molecular flexibility index (Phi) is 8.43. The first-order valence-electron chi connectivity index (χ1n) is 21.9. The topological polar surface area (TPSA) is 3.24 Å². The predicted octanol–water partition coefficient (Wildman–Crippen LogP) is 16.8. The molecule has 6 heteroatoms. The molecular formula is C58H40F5N. The van der Waals surface area contributed by atoms with Gasteiger partial charge in [0, 0.05) is 11.1 Å². The molecule has 0 aromatic heterocycles. The van der Waals surface area contributed by atoms with Crippen molar-refractivity contribution >= 4 is 54.5 Å². The number of hydrogen-bond donors (Lipinski definition) is 0. The van der Waals surface area contributed by atoms with E-state index in [9.17, 15) is 4.39 Å². The summed E-state index contributed by atoms with van der Waals surface area (Å²) in [7, 11) is 0. The quantitative estimate of drug-likeness (QED) is 0.0722. The maximum Gasteiger partial charge on any atom is 0.200 e. The molecule has 1 aliphatic carbocycles. The maximum atomic E-state index is 15.9. The van der Waals surface area contributed by atoms with Crippen LogP contribution in [0.4, 0.5) is 33.3 Å². The number of anilines is 2.